The van der Waals surface area contributed by atoms with Crippen molar-refractivity contribution >= 4 is 11.9 Å². The Morgan fingerprint density at radius 1 is 1.53 bits per heavy atom. The maximum absolute atomic E-state index is 13.5. The number of rotatable bonds is 2. The van der Waals surface area contributed by atoms with E-state index in [-0.39, 0.29) is 24.0 Å². The number of pyridine rings is 1. The van der Waals surface area contributed by atoms with Crippen molar-refractivity contribution in [1.82, 2.24) is 9.88 Å². The SMILES string of the molecule is COC(=O)C1CCCN(C(=O)c2ccncc2F)C1. The lowest BCUT2D eigenvalue weighted by Gasteiger charge is -2.31. The summed E-state index contributed by atoms with van der Waals surface area (Å²) in [6.45, 7) is 0.793. The first kappa shape index (κ1) is 13.5. The van der Waals surface area contributed by atoms with Crippen molar-refractivity contribution < 1.29 is 18.7 Å². The molecule has 6 heteroatoms. The summed E-state index contributed by atoms with van der Waals surface area (Å²) in [7, 11) is 1.33. The lowest BCUT2D eigenvalue weighted by molar-refractivity contribution is -0.146. The number of amides is 1. The number of hydrogen-bond donors (Lipinski definition) is 0. The minimum atomic E-state index is -0.646. The van der Waals surface area contributed by atoms with Gasteiger partial charge in [-0.15, -0.1) is 0 Å². The zero-order chi connectivity index (χ0) is 13.8. The molecule has 2 heterocycles. The summed E-state index contributed by atoms with van der Waals surface area (Å²) in [6, 6.07) is 1.35. The molecule has 1 unspecified atom stereocenters. The van der Waals surface area contributed by atoms with E-state index < -0.39 is 11.7 Å². The molecule has 5 nitrogen and oxygen atoms in total. The molecule has 0 bridgehead atoms. The third kappa shape index (κ3) is 2.89. The van der Waals surface area contributed by atoms with Crippen LogP contribution in [0.3, 0.4) is 0 Å². The van der Waals surface area contributed by atoms with Crippen LogP contribution in [0.4, 0.5) is 4.39 Å². The van der Waals surface area contributed by atoms with E-state index in [2.05, 4.69) is 9.72 Å². The third-order valence-electron chi connectivity index (χ3n) is 3.25. The summed E-state index contributed by atoms with van der Waals surface area (Å²) in [6.07, 6.45) is 3.78. The van der Waals surface area contributed by atoms with E-state index in [0.717, 1.165) is 6.20 Å². The van der Waals surface area contributed by atoms with Gasteiger partial charge in [-0.3, -0.25) is 14.6 Å². The number of halogens is 1. The Morgan fingerprint density at radius 2 is 2.32 bits per heavy atom. The molecule has 102 valence electrons. The van der Waals surface area contributed by atoms with E-state index in [1.165, 1.54) is 24.3 Å². The first-order chi connectivity index (χ1) is 9.13. The normalized spacial score (nSPS) is 19.1. The van der Waals surface area contributed by atoms with Gasteiger partial charge in [-0.2, -0.15) is 0 Å². The third-order valence-corrected chi connectivity index (χ3v) is 3.25. The molecule has 0 N–H and O–H groups in total. The predicted octanol–water partition coefficient (Wildman–Crippen LogP) is 1.25. The second-order valence-corrected chi connectivity index (χ2v) is 4.47. The van der Waals surface area contributed by atoms with Crippen molar-refractivity contribution in [3.05, 3.63) is 29.8 Å². The van der Waals surface area contributed by atoms with Gasteiger partial charge in [0.15, 0.2) is 5.82 Å². The van der Waals surface area contributed by atoms with E-state index in [0.29, 0.717) is 19.4 Å². The molecule has 1 atom stereocenters. The van der Waals surface area contributed by atoms with Crippen molar-refractivity contribution in [2.75, 3.05) is 20.2 Å². The highest BCUT2D eigenvalue weighted by Crippen LogP contribution is 2.20. The molecule has 0 saturated carbocycles. The van der Waals surface area contributed by atoms with Crippen LogP contribution in [0.15, 0.2) is 18.5 Å². The monoisotopic (exact) mass is 266 g/mol. The largest absolute Gasteiger partial charge is 0.469 e. The van der Waals surface area contributed by atoms with Gasteiger partial charge in [0.2, 0.25) is 0 Å². The maximum Gasteiger partial charge on any atom is 0.310 e. The van der Waals surface area contributed by atoms with Crippen LogP contribution >= 0.6 is 0 Å². The van der Waals surface area contributed by atoms with Crippen LogP contribution in [-0.4, -0.2) is 42.0 Å². The molecule has 1 aromatic rings. The number of aromatic nitrogens is 1. The molecular formula is C13H15FN2O3. The summed E-state index contributed by atoms with van der Waals surface area (Å²) in [5.41, 5.74) is -0.0134. The summed E-state index contributed by atoms with van der Waals surface area (Å²) in [5, 5.41) is 0. The van der Waals surface area contributed by atoms with Crippen LogP contribution in [0.5, 0.6) is 0 Å². The summed E-state index contributed by atoms with van der Waals surface area (Å²) >= 11 is 0. The fourth-order valence-corrected chi connectivity index (χ4v) is 2.24. The molecule has 19 heavy (non-hydrogen) atoms. The maximum atomic E-state index is 13.5. The van der Waals surface area contributed by atoms with Crippen molar-refractivity contribution in [2.24, 2.45) is 5.92 Å². The van der Waals surface area contributed by atoms with Gasteiger partial charge in [0.05, 0.1) is 24.8 Å². The fraction of sp³-hybridized carbons (Fsp3) is 0.462. The van der Waals surface area contributed by atoms with Gasteiger partial charge in [-0.25, -0.2) is 4.39 Å². The number of likely N-dealkylation sites (tertiary alicyclic amines) is 1. The van der Waals surface area contributed by atoms with Gasteiger partial charge in [-0.1, -0.05) is 0 Å². The van der Waals surface area contributed by atoms with Crippen LogP contribution in [0.25, 0.3) is 0 Å². The first-order valence-electron chi connectivity index (χ1n) is 6.10. The van der Waals surface area contributed by atoms with E-state index in [1.807, 2.05) is 0 Å². The van der Waals surface area contributed by atoms with Crippen molar-refractivity contribution in [3.63, 3.8) is 0 Å². The fourth-order valence-electron chi connectivity index (χ4n) is 2.24. The van der Waals surface area contributed by atoms with Gasteiger partial charge >= 0.3 is 5.97 Å². The number of carbonyl (C=O) groups is 2. The highest BCUT2D eigenvalue weighted by atomic mass is 19.1. The summed E-state index contributed by atoms with van der Waals surface area (Å²) in [5.74, 6) is -1.71. The predicted molar refractivity (Wildman–Crippen MR) is 64.8 cm³/mol. The molecule has 1 aliphatic rings. The molecule has 0 spiro atoms. The average molecular weight is 266 g/mol. The topological polar surface area (TPSA) is 59.5 Å². The number of esters is 1. The van der Waals surface area contributed by atoms with E-state index >= 15 is 0 Å². The Hall–Kier alpha value is -1.98. The highest BCUT2D eigenvalue weighted by molar-refractivity contribution is 5.94. The van der Waals surface area contributed by atoms with Gasteiger partial charge in [0, 0.05) is 19.3 Å². The second-order valence-electron chi connectivity index (χ2n) is 4.47. The Balaban J connectivity index is 2.11. The number of piperidine rings is 1. The molecule has 0 aromatic carbocycles. The van der Waals surface area contributed by atoms with Gasteiger partial charge in [0.25, 0.3) is 5.91 Å². The average Bonchev–Trinajstić information content (AvgIpc) is 2.46. The number of hydrogen-bond acceptors (Lipinski definition) is 4. The molecule has 1 amide bonds. The van der Waals surface area contributed by atoms with Crippen LogP contribution in [0.2, 0.25) is 0 Å². The zero-order valence-corrected chi connectivity index (χ0v) is 10.6. The Labute approximate surface area is 110 Å². The Bertz CT molecular complexity index is 493. The molecule has 1 aliphatic heterocycles. The van der Waals surface area contributed by atoms with Crippen LogP contribution in [0, 0.1) is 11.7 Å². The first-order valence-corrected chi connectivity index (χ1v) is 6.10. The van der Waals surface area contributed by atoms with Gasteiger partial charge in [-0.05, 0) is 18.9 Å². The van der Waals surface area contributed by atoms with E-state index in [9.17, 15) is 14.0 Å². The molecule has 2 rings (SSSR count). The lowest BCUT2D eigenvalue weighted by Crippen LogP contribution is -2.42. The minimum absolute atomic E-state index is 0.0134. The molecular weight excluding hydrogens is 251 g/mol. The molecule has 0 aliphatic carbocycles. The standard InChI is InChI=1S/C13H15FN2O3/c1-19-13(18)9-3-2-6-16(8-9)12(17)10-4-5-15-7-11(10)14/h4-5,7,9H,2-3,6,8H2,1H3. The summed E-state index contributed by atoms with van der Waals surface area (Å²) in [4.78, 5) is 28.8. The van der Waals surface area contributed by atoms with Crippen molar-refractivity contribution in [3.8, 4) is 0 Å². The molecule has 1 saturated heterocycles. The number of carbonyl (C=O) groups excluding carboxylic acids is 2. The van der Waals surface area contributed by atoms with Crippen molar-refractivity contribution in [2.45, 2.75) is 12.8 Å². The molecule has 1 fully saturated rings. The van der Waals surface area contributed by atoms with Crippen LogP contribution in [0.1, 0.15) is 23.2 Å². The van der Waals surface area contributed by atoms with E-state index in [1.54, 1.807) is 0 Å². The number of methoxy groups -OCH3 is 1. The molecule has 0 radical (unpaired) electrons. The molecule has 1 aromatic heterocycles. The van der Waals surface area contributed by atoms with Gasteiger partial charge in [0.1, 0.15) is 0 Å². The van der Waals surface area contributed by atoms with Gasteiger partial charge < -0.3 is 9.64 Å². The second kappa shape index (κ2) is 5.77. The quantitative estimate of drug-likeness (QED) is 0.756. The Morgan fingerprint density at radius 3 is 3.00 bits per heavy atom. The van der Waals surface area contributed by atoms with Crippen LogP contribution in [-0.2, 0) is 9.53 Å². The minimum Gasteiger partial charge on any atom is -0.469 e. The smallest absolute Gasteiger partial charge is 0.310 e. The van der Waals surface area contributed by atoms with E-state index in [4.69, 9.17) is 0 Å². The zero-order valence-electron chi connectivity index (χ0n) is 10.6. The summed E-state index contributed by atoms with van der Waals surface area (Å²) < 4.78 is 18.2. The number of ether oxygens (including phenoxy) is 1. The number of nitrogens with zero attached hydrogens (tertiary/aromatic N) is 2. The Kier molecular flexibility index (Phi) is 4.09. The highest BCUT2D eigenvalue weighted by Gasteiger charge is 2.30. The van der Waals surface area contributed by atoms with Crippen molar-refractivity contribution in [1.29, 1.82) is 0 Å². The van der Waals surface area contributed by atoms with Crippen LogP contribution < -0.4 is 0 Å². The lowest BCUT2D eigenvalue weighted by atomic mass is 9.97.